The monoisotopic (exact) mass is 354 g/mol. The molecule has 2 aromatic rings. The summed E-state index contributed by atoms with van der Waals surface area (Å²) in [5.74, 6) is -0.584. The minimum absolute atomic E-state index is 0.0709. The van der Waals surface area contributed by atoms with Crippen LogP contribution in [0.1, 0.15) is 42.6 Å². The number of hydrogen-bond donors (Lipinski definition) is 0. The van der Waals surface area contributed by atoms with Crippen LogP contribution < -0.4 is 4.57 Å². The number of methoxy groups -OCH3 is 1. The van der Waals surface area contributed by atoms with E-state index in [-0.39, 0.29) is 17.4 Å². The minimum Gasteiger partial charge on any atom is -0.389 e. The number of aromatic nitrogens is 1. The van der Waals surface area contributed by atoms with Crippen molar-refractivity contribution in [1.29, 1.82) is 0 Å². The minimum atomic E-state index is -1.84. The largest absolute Gasteiger partial charge is 0.389 e. The van der Waals surface area contributed by atoms with E-state index in [4.69, 9.17) is 9.16 Å². The third kappa shape index (κ3) is 2.14. The summed E-state index contributed by atoms with van der Waals surface area (Å²) >= 11 is 0. The van der Waals surface area contributed by atoms with Crippen molar-refractivity contribution in [2.45, 2.75) is 51.2 Å². The van der Waals surface area contributed by atoms with Crippen LogP contribution in [0.15, 0.2) is 48.7 Å². The Kier molecular flexibility index (Phi) is 3.56. The zero-order valence-electron chi connectivity index (χ0n) is 16.0. The van der Waals surface area contributed by atoms with Crippen molar-refractivity contribution in [3.8, 4) is 0 Å². The zero-order valence-corrected chi connectivity index (χ0v) is 17.0. The molecule has 0 saturated heterocycles. The van der Waals surface area contributed by atoms with Crippen LogP contribution in [0.3, 0.4) is 0 Å². The molecule has 3 unspecified atom stereocenters. The summed E-state index contributed by atoms with van der Waals surface area (Å²) in [6.07, 6.45) is 2.21. The van der Waals surface area contributed by atoms with E-state index in [9.17, 15) is 0 Å². The first-order valence-corrected chi connectivity index (χ1v) is 12.5. The molecule has 2 bridgehead atoms. The molecule has 25 heavy (non-hydrogen) atoms. The van der Waals surface area contributed by atoms with E-state index in [1.54, 1.807) is 0 Å². The molecule has 1 aromatic heterocycles. The highest BCUT2D eigenvalue weighted by Gasteiger charge is 2.70. The van der Waals surface area contributed by atoms with Gasteiger partial charge in [-0.2, -0.15) is 4.57 Å². The van der Waals surface area contributed by atoms with Gasteiger partial charge < -0.3 is 9.16 Å². The molecule has 0 N–H and O–H groups in total. The van der Waals surface area contributed by atoms with Gasteiger partial charge in [0.2, 0.25) is 0 Å². The first-order valence-electron chi connectivity index (χ1n) is 9.07. The third-order valence-corrected chi connectivity index (χ3v) is 6.74. The summed E-state index contributed by atoms with van der Waals surface area (Å²) in [7, 11) is -0.0231. The molecule has 0 radical (unpaired) electrons. The predicted molar refractivity (Wildman–Crippen MR) is 101 cm³/mol. The average molecular weight is 355 g/mol. The number of hydrogen-bond acceptors (Lipinski definition) is 2. The van der Waals surface area contributed by atoms with Crippen LogP contribution in [0.4, 0.5) is 0 Å². The lowest BCUT2D eigenvalue weighted by molar-refractivity contribution is -0.754. The van der Waals surface area contributed by atoms with Gasteiger partial charge in [-0.05, 0) is 39.1 Å². The van der Waals surface area contributed by atoms with E-state index < -0.39 is 14.1 Å². The summed E-state index contributed by atoms with van der Waals surface area (Å²) < 4.78 is 15.6. The first-order chi connectivity index (χ1) is 11.7. The molecule has 5 rings (SSSR count). The molecule has 3 aliphatic rings. The molecule has 2 aliphatic heterocycles. The second-order valence-corrected chi connectivity index (χ2v) is 13.2. The molecule has 3 heterocycles. The number of ether oxygens (including phenoxy) is 1. The highest BCUT2D eigenvalue weighted by Crippen LogP contribution is 2.62. The van der Waals surface area contributed by atoms with Gasteiger partial charge in [-0.3, -0.25) is 0 Å². The van der Waals surface area contributed by atoms with E-state index in [2.05, 4.69) is 86.7 Å². The van der Waals surface area contributed by atoms with Crippen LogP contribution in [0.5, 0.6) is 0 Å². The maximum atomic E-state index is 6.88. The Labute approximate surface area is 151 Å². The summed E-state index contributed by atoms with van der Waals surface area (Å²) in [5.41, 5.74) is 3.83. The lowest BCUT2D eigenvalue weighted by atomic mass is 9.57. The fourth-order valence-electron chi connectivity index (χ4n) is 5.05. The molecule has 3 nitrogen and oxygen atoms in total. The highest BCUT2D eigenvalue weighted by atomic mass is 28.4. The second-order valence-electron chi connectivity index (χ2n) is 8.80. The van der Waals surface area contributed by atoms with E-state index >= 15 is 0 Å². The molecular formula is C21H28NO2Si+. The molecule has 0 fully saturated rings. The van der Waals surface area contributed by atoms with E-state index in [1.807, 2.05) is 7.11 Å². The molecular weight excluding hydrogens is 326 g/mol. The Hall–Kier alpha value is -1.49. The van der Waals surface area contributed by atoms with Gasteiger partial charge in [0.05, 0.1) is 5.41 Å². The summed E-state index contributed by atoms with van der Waals surface area (Å²) in [6.45, 7) is 11.3. The van der Waals surface area contributed by atoms with Gasteiger partial charge in [0.15, 0.2) is 32.0 Å². The fraction of sp³-hybridized carbons (Fsp3) is 0.476. The number of pyridine rings is 1. The van der Waals surface area contributed by atoms with Crippen LogP contribution in [-0.2, 0) is 9.16 Å². The third-order valence-electron chi connectivity index (χ3n) is 5.82. The van der Waals surface area contributed by atoms with Crippen molar-refractivity contribution in [2.75, 3.05) is 7.11 Å². The number of nitrogens with zero attached hydrogens (tertiary/aromatic N) is 1. The van der Waals surface area contributed by atoms with E-state index in [1.165, 1.54) is 16.8 Å². The zero-order chi connectivity index (χ0) is 18.0. The molecule has 4 heteroatoms. The standard InChI is InChI=1S/C21H28NO2Si/c1-20(2)19-16-12-8-7-11-15(16)18(17-13-9-10-14-22(17)19)21(20,23-3)24-25(4,5)6/h7-14,18-19H,1-6H3/q+1. The second kappa shape index (κ2) is 5.26. The molecule has 0 spiro atoms. The summed E-state index contributed by atoms with van der Waals surface area (Å²) in [5, 5.41) is 0. The fourth-order valence-corrected chi connectivity index (χ4v) is 6.42. The Bertz CT molecular complexity index is 779. The van der Waals surface area contributed by atoms with Crippen molar-refractivity contribution in [3.63, 3.8) is 0 Å². The lowest BCUT2D eigenvalue weighted by Crippen LogP contribution is -2.72. The summed E-state index contributed by atoms with van der Waals surface area (Å²) in [4.78, 5) is 0. The van der Waals surface area contributed by atoms with Gasteiger partial charge in [-0.1, -0.05) is 30.3 Å². The van der Waals surface area contributed by atoms with Crippen LogP contribution in [-0.4, -0.2) is 21.2 Å². The summed E-state index contributed by atoms with van der Waals surface area (Å²) in [6, 6.07) is 15.5. The van der Waals surface area contributed by atoms with Gasteiger partial charge in [-0.25, -0.2) is 0 Å². The van der Waals surface area contributed by atoms with Gasteiger partial charge in [-0.15, -0.1) is 0 Å². The quantitative estimate of drug-likeness (QED) is 0.467. The Morgan fingerprint density at radius 1 is 0.960 bits per heavy atom. The lowest BCUT2D eigenvalue weighted by Gasteiger charge is -2.58. The molecule has 1 aliphatic carbocycles. The Morgan fingerprint density at radius 2 is 1.60 bits per heavy atom. The van der Waals surface area contributed by atoms with Crippen molar-refractivity contribution in [1.82, 2.24) is 0 Å². The van der Waals surface area contributed by atoms with Crippen molar-refractivity contribution < 1.29 is 13.7 Å². The van der Waals surface area contributed by atoms with Gasteiger partial charge >= 0.3 is 0 Å². The average Bonchev–Trinajstić information content (AvgIpc) is 2.55. The van der Waals surface area contributed by atoms with Crippen LogP contribution in [0.2, 0.25) is 19.6 Å². The Balaban J connectivity index is 2.07. The first kappa shape index (κ1) is 16.9. The molecule has 3 atom stereocenters. The van der Waals surface area contributed by atoms with Gasteiger partial charge in [0.1, 0.15) is 5.92 Å². The predicted octanol–water partition coefficient (Wildman–Crippen LogP) is 4.24. The van der Waals surface area contributed by atoms with Gasteiger partial charge in [0, 0.05) is 24.8 Å². The van der Waals surface area contributed by atoms with Gasteiger partial charge in [0.25, 0.3) is 0 Å². The smallest absolute Gasteiger partial charge is 0.194 e. The normalized spacial score (nSPS) is 29.2. The topological polar surface area (TPSA) is 22.3 Å². The number of benzene rings is 1. The molecule has 0 amide bonds. The molecule has 132 valence electrons. The van der Waals surface area contributed by atoms with Crippen molar-refractivity contribution in [2.24, 2.45) is 5.41 Å². The van der Waals surface area contributed by atoms with Crippen LogP contribution >= 0.6 is 0 Å². The highest BCUT2D eigenvalue weighted by molar-refractivity contribution is 6.69. The maximum Gasteiger partial charge on any atom is 0.194 e. The molecule has 1 aromatic carbocycles. The maximum absolute atomic E-state index is 6.88. The van der Waals surface area contributed by atoms with Crippen LogP contribution in [0, 0.1) is 5.41 Å². The molecule has 0 saturated carbocycles. The van der Waals surface area contributed by atoms with Crippen LogP contribution in [0.25, 0.3) is 0 Å². The number of fused-ring (bicyclic) bond motifs is 1. The van der Waals surface area contributed by atoms with E-state index in [0.29, 0.717) is 0 Å². The SMILES string of the molecule is COC1(O[Si](C)(C)C)C2c3ccccc3C([n+]3ccccc32)C1(C)C. The van der Waals surface area contributed by atoms with Crippen molar-refractivity contribution in [3.05, 3.63) is 65.5 Å². The Morgan fingerprint density at radius 3 is 2.24 bits per heavy atom. The van der Waals surface area contributed by atoms with E-state index in [0.717, 1.165) is 0 Å². The number of rotatable bonds is 3. The van der Waals surface area contributed by atoms with Crippen molar-refractivity contribution >= 4 is 8.32 Å².